The smallest absolute Gasteiger partial charge is 0.117 e. The fourth-order valence-electron chi connectivity index (χ4n) is 1.61. The minimum atomic E-state index is 0.421. The van der Waals surface area contributed by atoms with Gasteiger partial charge in [0.05, 0.1) is 12.8 Å². The van der Waals surface area contributed by atoms with Crippen LogP contribution in [0.25, 0.3) is 11.1 Å². The predicted octanol–water partition coefficient (Wildman–Crippen LogP) is 1.86. The fourth-order valence-corrected chi connectivity index (χ4v) is 1.61. The summed E-state index contributed by atoms with van der Waals surface area (Å²) in [6.45, 7) is 0.949. The Balaban J connectivity index is 2.44. The summed E-state index contributed by atoms with van der Waals surface area (Å²) in [5.74, 6) is 0.789. The van der Waals surface area contributed by atoms with Gasteiger partial charge < -0.3 is 15.9 Å². The zero-order chi connectivity index (χ0) is 10.7. The van der Waals surface area contributed by atoms with Crippen LogP contribution in [0.4, 0.5) is 0 Å². The molecule has 0 fully saturated rings. The summed E-state index contributed by atoms with van der Waals surface area (Å²) in [4.78, 5) is 0. The third-order valence-electron chi connectivity index (χ3n) is 2.40. The van der Waals surface area contributed by atoms with Crippen LogP contribution in [0.2, 0.25) is 0 Å². The normalized spacial score (nSPS) is 10.5. The van der Waals surface area contributed by atoms with Crippen LogP contribution in [0.3, 0.4) is 0 Å². The molecule has 0 saturated carbocycles. The van der Waals surface area contributed by atoms with Crippen LogP contribution in [-0.4, -0.2) is 0 Å². The van der Waals surface area contributed by atoms with E-state index in [0.29, 0.717) is 13.1 Å². The lowest BCUT2D eigenvalue weighted by Crippen LogP contribution is -1.98. The van der Waals surface area contributed by atoms with Crippen molar-refractivity contribution >= 4 is 0 Å². The average molecular weight is 202 g/mol. The molecule has 0 aliphatic carbocycles. The van der Waals surface area contributed by atoms with Gasteiger partial charge in [-0.2, -0.15) is 0 Å². The van der Waals surface area contributed by atoms with Gasteiger partial charge in [0.15, 0.2) is 0 Å². The van der Waals surface area contributed by atoms with Gasteiger partial charge in [-0.1, -0.05) is 24.3 Å². The molecule has 0 aliphatic heterocycles. The van der Waals surface area contributed by atoms with Crippen LogP contribution in [0.1, 0.15) is 11.3 Å². The Kier molecular flexibility index (Phi) is 2.85. The van der Waals surface area contributed by atoms with E-state index in [1.165, 1.54) is 0 Å². The summed E-state index contributed by atoms with van der Waals surface area (Å²) in [6.07, 6.45) is 1.72. The zero-order valence-corrected chi connectivity index (χ0v) is 8.44. The molecule has 15 heavy (non-hydrogen) atoms. The van der Waals surface area contributed by atoms with Gasteiger partial charge in [0.2, 0.25) is 0 Å². The first-order chi connectivity index (χ1) is 7.35. The van der Waals surface area contributed by atoms with E-state index in [1.54, 1.807) is 6.26 Å². The Labute approximate surface area is 88.7 Å². The van der Waals surface area contributed by atoms with Gasteiger partial charge in [0.1, 0.15) is 5.76 Å². The number of benzene rings is 1. The maximum absolute atomic E-state index is 5.67. The molecule has 0 bridgehead atoms. The van der Waals surface area contributed by atoms with Crippen molar-refractivity contribution < 1.29 is 4.42 Å². The molecule has 0 aliphatic rings. The molecule has 2 rings (SSSR count). The van der Waals surface area contributed by atoms with E-state index in [1.807, 2.05) is 30.3 Å². The highest BCUT2D eigenvalue weighted by molar-refractivity contribution is 5.66. The van der Waals surface area contributed by atoms with E-state index in [-0.39, 0.29) is 0 Å². The van der Waals surface area contributed by atoms with E-state index in [9.17, 15) is 0 Å². The van der Waals surface area contributed by atoms with Crippen molar-refractivity contribution in [3.8, 4) is 11.1 Å². The molecule has 0 atom stereocenters. The van der Waals surface area contributed by atoms with Crippen molar-refractivity contribution in [2.75, 3.05) is 0 Å². The maximum atomic E-state index is 5.67. The van der Waals surface area contributed by atoms with Crippen LogP contribution in [0.5, 0.6) is 0 Å². The molecular weight excluding hydrogens is 188 g/mol. The topological polar surface area (TPSA) is 65.2 Å². The average Bonchev–Trinajstić information content (AvgIpc) is 2.77. The van der Waals surface area contributed by atoms with E-state index >= 15 is 0 Å². The van der Waals surface area contributed by atoms with Gasteiger partial charge >= 0.3 is 0 Å². The van der Waals surface area contributed by atoms with E-state index in [2.05, 4.69) is 0 Å². The number of hydrogen-bond acceptors (Lipinski definition) is 3. The second-order valence-corrected chi connectivity index (χ2v) is 3.37. The molecule has 0 amide bonds. The van der Waals surface area contributed by atoms with Crippen LogP contribution < -0.4 is 11.5 Å². The number of rotatable bonds is 3. The Bertz CT molecular complexity index is 448. The van der Waals surface area contributed by atoms with Crippen molar-refractivity contribution in [3.05, 3.63) is 47.9 Å². The quantitative estimate of drug-likeness (QED) is 0.798. The molecule has 3 heteroatoms. The number of hydrogen-bond donors (Lipinski definition) is 2. The van der Waals surface area contributed by atoms with Gasteiger partial charge in [-0.25, -0.2) is 0 Å². The van der Waals surface area contributed by atoms with Crippen LogP contribution >= 0.6 is 0 Å². The zero-order valence-electron chi connectivity index (χ0n) is 8.44. The van der Waals surface area contributed by atoms with E-state index in [0.717, 1.165) is 22.5 Å². The first-order valence-corrected chi connectivity index (χ1v) is 4.91. The molecule has 0 unspecified atom stereocenters. The van der Waals surface area contributed by atoms with Gasteiger partial charge in [-0.05, 0) is 17.2 Å². The Morgan fingerprint density at radius 3 is 2.53 bits per heavy atom. The highest BCUT2D eigenvalue weighted by Crippen LogP contribution is 2.25. The molecule has 1 heterocycles. The standard InChI is InChI=1S/C12H14N2O/c13-6-9-3-1-2-4-12(9)10-5-11(7-14)15-8-10/h1-5,8H,6-7,13-14H2. The summed E-state index contributed by atoms with van der Waals surface area (Å²) in [5, 5.41) is 0. The number of furan rings is 1. The second kappa shape index (κ2) is 4.29. The molecular formula is C12H14N2O. The van der Waals surface area contributed by atoms with Crippen molar-refractivity contribution in [3.63, 3.8) is 0 Å². The Hall–Kier alpha value is -1.58. The summed E-state index contributed by atoms with van der Waals surface area (Å²) in [5.41, 5.74) is 14.4. The predicted molar refractivity (Wildman–Crippen MR) is 59.9 cm³/mol. The molecule has 3 nitrogen and oxygen atoms in total. The molecule has 0 radical (unpaired) electrons. The van der Waals surface area contributed by atoms with Crippen LogP contribution in [-0.2, 0) is 13.1 Å². The second-order valence-electron chi connectivity index (χ2n) is 3.37. The first-order valence-electron chi connectivity index (χ1n) is 4.91. The van der Waals surface area contributed by atoms with Gasteiger partial charge in [-0.15, -0.1) is 0 Å². The summed E-state index contributed by atoms with van der Waals surface area (Å²) >= 11 is 0. The van der Waals surface area contributed by atoms with E-state index < -0.39 is 0 Å². The van der Waals surface area contributed by atoms with Crippen molar-refractivity contribution in [2.24, 2.45) is 11.5 Å². The van der Waals surface area contributed by atoms with Crippen LogP contribution in [0.15, 0.2) is 41.0 Å². The number of nitrogens with two attached hydrogens (primary N) is 2. The van der Waals surface area contributed by atoms with Gasteiger partial charge in [-0.3, -0.25) is 0 Å². The molecule has 4 N–H and O–H groups in total. The Morgan fingerprint density at radius 1 is 1.07 bits per heavy atom. The van der Waals surface area contributed by atoms with Gasteiger partial charge in [0, 0.05) is 12.1 Å². The SMILES string of the molecule is NCc1cc(-c2ccccc2CN)co1. The highest BCUT2D eigenvalue weighted by Gasteiger charge is 2.06. The van der Waals surface area contributed by atoms with Crippen LogP contribution in [0, 0.1) is 0 Å². The minimum Gasteiger partial charge on any atom is -0.467 e. The highest BCUT2D eigenvalue weighted by atomic mass is 16.3. The van der Waals surface area contributed by atoms with Crippen molar-refractivity contribution in [1.29, 1.82) is 0 Å². The summed E-state index contributed by atoms with van der Waals surface area (Å²) < 4.78 is 5.30. The lowest BCUT2D eigenvalue weighted by molar-refractivity contribution is 0.513. The Morgan fingerprint density at radius 2 is 1.87 bits per heavy atom. The minimum absolute atomic E-state index is 0.421. The van der Waals surface area contributed by atoms with Crippen molar-refractivity contribution in [2.45, 2.75) is 13.1 Å². The molecule has 2 aromatic rings. The van der Waals surface area contributed by atoms with Crippen molar-refractivity contribution in [1.82, 2.24) is 0 Å². The monoisotopic (exact) mass is 202 g/mol. The lowest BCUT2D eigenvalue weighted by Gasteiger charge is -2.03. The molecule has 0 saturated heterocycles. The third kappa shape index (κ3) is 1.93. The maximum Gasteiger partial charge on any atom is 0.117 e. The van der Waals surface area contributed by atoms with E-state index in [4.69, 9.17) is 15.9 Å². The summed E-state index contributed by atoms with van der Waals surface area (Å²) in [6, 6.07) is 9.98. The third-order valence-corrected chi connectivity index (χ3v) is 2.40. The lowest BCUT2D eigenvalue weighted by atomic mass is 10.0. The largest absolute Gasteiger partial charge is 0.467 e. The summed E-state index contributed by atoms with van der Waals surface area (Å²) in [7, 11) is 0. The first kappa shape index (κ1) is 9.96. The molecule has 1 aromatic carbocycles. The molecule has 0 spiro atoms. The molecule has 1 aromatic heterocycles. The van der Waals surface area contributed by atoms with Gasteiger partial charge in [0.25, 0.3) is 0 Å². The molecule has 78 valence electrons. The fraction of sp³-hybridized carbons (Fsp3) is 0.167.